The van der Waals surface area contributed by atoms with Gasteiger partial charge in [0.2, 0.25) is 5.82 Å². The van der Waals surface area contributed by atoms with Crippen molar-refractivity contribution < 1.29 is 29.0 Å². The average molecular weight is 539 g/mol. The summed E-state index contributed by atoms with van der Waals surface area (Å²) in [4.78, 5) is 23.0. The van der Waals surface area contributed by atoms with E-state index in [0.29, 0.717) is 22.4 Å². The minimum Gasteiger partial charge on any atom is -0.491 e. The maximum Gasteiger partial charge on any atom is 0.410 e. The molecule has 1 atom stereocenters. The molecule has 1 aromatic carbocycles. The second kappa shape index (κ2) is 9.91. The summed E-state index contributed by atoms with van der Waals surface area (Å²) >= 11 is 0. The molecule has 3 heterocycles. The highest BCUT2D eigenvalue weighted by Gasteiger charge is 2.58. The summed E-state index contributed by atoms with van der Waals surface area (Å²) in [5, 5.41) is 26.8. The molecule has 1 saturated heterocycles. The lowest BCUT2D eigenvalue weighted by Crippen LogP contribution is -2.66. The van der Waals surface area contributed by atoms with Crippen LogP contribution in [0.15, 0.2) is 47.2 Å². The van der Waals surface area contributed by atoms with Gasteiger partial charge in [0.25, 0.3) is 5.89 Å². The molecule has 1 fully saturated rings. The average Bonchev–Trinajstić information content (AvgIpc) is 3.32. The van der Waals surface area contributed by atoms with Crippen LogP contribution in [0.2, 0.25) is 0 Å². The summed E-state index contributed by atoms with van der Waals surface area (Å²) in [5.74, 6) is 0.986. The van der Waals surface area contributed by atoms with Gasteiger partial charge in [-0.25, -0.2) is 4.79 Å². The minimum atomic E-state index is -1.55. The van der Waals surface area contributed by atoms with Crippen LogP contribution in [-0.2, 0) is 15.9 Å². The normalized spacial score (nSPS) is 16.9. The maximum atomic E-state index is 12.7. The Kier molecular flexibility index (Phi) is 7.24. The monoisotopic (exact) mass is 538 g/mol. The van der Waals surface area contributed by atoms with Crippen molar-refractivity contribution in [2.24, 2.45) is 5.41 Å². The quantitative estimate of drug-likeness (QED) is 0.442. The molecule has 210 valence electrons. The summed E-state index contributed by atoms with van der Waals surface area (Å²) in [5.41, 5.74) is -2.63. The van der Waals surface area contributed by atoms with Crippen molar-refractivity contribution in [3.05, 3.63) is 59.7 Å². The summed E-state index contributed by atoms with van der Waals surface area (Å²) in [7, 11) is 0. The van der Waals surface area contributed by atoms with Gasteiger partial charge in [-0.15, -0.1) is 0 Å². The Morgan fingerprint density at radius 3 is 2.23 bits per heavy atom. The van der Waals surface area contributed by atoms with E-state index in [2.05, 4.69) is 15.1 Å². The molecular formula is C29H38N4O6. The Labute approximate surface area is 229 Å². The molecule has 0 radical (unpaired) electrons. The molecule has 3 aromatic rings. The van der Waals surface area contributed by atoms with E-state index in [1.54, 1.807) is 37.2 Å². The Bertz CT molecular complexity index is 1320. The van der Waals surface area contributed by atoms with Crippen LogP contribution in [0.25, 0.3) is 11.4 Å². The number of amides is 1. The lowest BCUT2D eigenvalue weighted by molar-refractivity contribution is -0.131. The molecule has 2 N–H and O–H groups in total. The van der Waals surface area contributed by atoms with Crippen molar-refractivity contribution in [3.8, 4) is 17.1 Å². The fourth-order valence-electron chi connectivity index (χ4n) is 4.74. The molecule has 4 rings (SSSR count). The molecule has 10 heteroatoms. The topological polar surface area (TPSA) is 131 Å². The van der Waals surface area contributed by atoms with Gasteiger partial charge in [0.05, 0.1) is 6.10 Å². The van der Waals surface area contributed by atoms with Crippen molar-refractivity contribution in [3.63, 3.8) is 0 Å². The summed E-state index contributed by atoms with van der Waals surface area (Å²) in [6.07, 6.45) is 2.74. The Hall–Kier alpha value is -3.50. The number of hydrogen-bond donors (Lipinski definition) is 2. The summed E-state index contributed by atoms with van der Waals surface area (Å²) in [6.45, 7) is 14.9. The van der Waals surface area contributed by atoms with Gasteiger partial charge in [-0.1, -0.05) is 24.2 Å². The van der Waals surface area contributed by atoms with Gasteiger partial charge in [-0.3, -0.25) is 4.98 Å². The van der Waals surface area contributed by atoms with Crippen LogP contribution in [-0.4, -0.2) is 61.1 Å². The van der Waals surface area contributed by atoms with Gasteiger partial charge < -0.3 is 29.1 Å². The highest BCUT2D eigenvalue weighted by molar-refractivity contribution is 5.70. The molecule has 39 heavy (non-hydrogen) atoms. The maximum absolute atomic E-state index is 12.7. The van der Waals surface area contributed by atoms with Gasteiger partial charge in [0, 0.05) is 42.0 Å². The van der Waals surface area contributed by atoms with Gasteiger partial charge in [0.15, 0.2) is 0 Å². The second-order valence-corrected chi connectivity index (χ2v) is 12.2. The van der Waals surface area contributed by atoms with E-state index in [1.165, 1.54) is 0 Å². The van der Waals surface area contributed by atoms with E-state index in [1.807, 2.05) is 65.8 Å². The van der Waals surface area contributed by atoms with Crippen LogP contribution in [0.3, 0.4) is 0 Å². The first-order chi connectivity index (χ1) is 18.0. The molecule has 1 aliphatic heterocycles. The number of benzene rings is 1. The number of rotatable bonds is 7. The lowest BCUT2D eigenvalue weighted by atomic mass is 9.62. The molecule has 1 aliphatic rings. The number of likely N-dealkylation sites (tertiary alicyclic amines) is 1. The third-order valence-corrected chi connectivity index (χ3v) is 6.61. The van der Waals surface area contributed by atoms with Gasteiger partial charge in [-0.05, 0) is 72.2 Å². The van der Waals surface area contributed by atoms with Crippen molar-refractivity contribution in [1.82, 2.24) is 20.0 Å². The van der Waals surface area contributed by atoms with Crippen LogP contribution in [0.1, 0.15) is 72.4 Å². The fourth-order valence-corrected chi connectivity index (χ4v) is 4.74. The van der Waals surface area contributed by atoms with Crippen LogP contribution in [0.4, 0.5) is 4.79 Å². The van der Waals surface area contributed by atoms with E-state index in [9.17, 15) is 15.0 Å². The third kappa shape index (κ3) is 5.77. The molecule has 1 amide bonds. The minimum absolute atomic E-state index is 0.00546. The zero-order valence-corrected chi connectivity index (χ0v) is 23.8. The lowest BCUT2D eigenvalue weighted by Gasteiger charge is -2.56. The summed E-state index contributed by atoms with van der Waals surface area (Å²) in [6, 6.07) is 9.05. The van der Waals surface area contributed by atoms with Gasteiger partial charge in [0.1, 0.15) is 22.6 Å². The van der Waals surface area contributed by atoms with Crippen molar-refractivity contribution in [2.45, 2.75) is 78.3 Å². The standard InChI is InChI=1S/C29H38N4O6/c1-18(2)37-22-11-9-20(10-12-22)29(36,28(8)16-33(17-28)25(34)38-26(3,4)5)21-13-19(14-30-15-21)23-31-24(39-32-23)27(6,7)35/h9-15,18,35-36H,16-17H2,1-8H3/t29-/m0/s1. The first kappa shape index (κ1) is 28.5. The highest BCUT2D eigenvalue weighted by atomic mass is 16.6. The first-order valence-electron chi connectivity index (χ1n) is 13.0. The van der Waals surface area contributed by atoms with Crippen molar-refractivity contribution in [1.29, 1.82) is 0 Å². The summed E-state index contributed by atoms with van der Waals surface area (Å²) < 4.78 is 16.6. The van der Waals surface area contributed by atoms with Crippen molar-refractivity contribution >= 4 is 6.09 Å². The number of pyridine rings is 1. The van der Waals surface area contributed by atoms with E-state index >= 15 is 0 Å². The SMILES string of the molecule is CC(C)Oc1ccc([C@](O)(c2cncc(-c3noc(C(C)(C)O)n3)c2)C2(C)CN(C(=O)OC(C)(C)C)C2)cc1. The first-order valence-corrected chi connectivity index (χ1v) is 13.0. The molecule has 0 bridgehead atoms. The van der Waals surface area contributed by atoms with Crippen LogP contribution in [0, 0.1) is 5.41 Å². The Morgan fingerprint density at radius 2 is 1.69 bits per heavy atom. The Morgan fingerprint density at radius 1 is 1.05 bits per heavy atom. The molecule has 0 saturated carbocycles. The van der Waals surface area contributed by atoms with E-state index in [-0.39, 0.29) is 30.9 Å². The number of nitrogens with zero attached hydrogens (tertiary/aromatic N) is 4. The number of carbonyl (C=O) groups excluding carboxylic acids is 1. The van der Waals surface area contributed by atoms with Crippen molar-refractivity contribution in [2.75, 3.05) is 13.1 Å². The van der Waals surface area contributed by atoms with E-state index in [0.717, 1.165) is 0 Å². The predicted molar refractivity (Wildman–Crippen MR) is 144 cm³/mol. The zero-order valence-electron chi connectivity index (χ0n) is 23.8. The molecular weight excluding hydrogens is 500 g/mol. The third-order valence-electron chi connectivity index (χ3n) is 6.61. The van der Waals surface area contributed by atoms with Gasteiger partial charge in [-0.2, -0.15) is 4.98 Å². The largest absolute Gasteiger partial charge is 0.491 e. The number of carbonyl (C=O) groups is 1. The highest BCUT2D eigenvalue weighted by Crippen LogP contribution is 2.51. The number of aliphatic hydroxyl groups is 2. The molecule has 0 aliphatic carbocycles. The van der Waals surface area contributed by atoms with E-state index in [4.69, 9.17) is 14.0 Å². The van der Waals surface area contributed by atoms with Crippen LogP contribution in [0.5, 0.6) is 5.75 Å². The molecule has 10 nitrogen and oxygen atoms in total. The van der Waals surface area contributed by atoms with Crippen LogP contribution < -0.4 is 4.74 Å². The second-order valence-electron chi connectivity index (χ2n) is 12.2. The predicted octanol–water partition coefficient (Wildman–Crippen LogP) is 4.64. The fraction of sp³-hybridized carbons (Fsp3) is 0.517. The number of hydrogen-bond acceptors (Lipinski definition) is 9. The van der Waals surface area contributed by atoms with Gasteiger partial charge >= 0.3 is 6.09 Å². The molecule has 0 unspecified atom stereocenters. The zero-order chi connectivity index (χ0) is 28.8. The number of ether oxygens (including phenoxy) is 2. The van der Waals surface area contributed by atoms with Crippen LogP contribution >= 0.6 is 0 Å². The Balaban J connectivity index is 1.74. The number of aromatic nitrogens is 3. The van der Waals surface area contributed by atoms with E-state index < -0.39 is 28.3 Å². The molecule has 0 spiro atoms. The molecule has 2 aromatic heterocycles. The smallest absolute Gasteiger partial charge is 0.410 e.